The van der Waals surface area contributed by atoms with Crippen molar-refractivity contribution in [3.05, 3.63) is 0 Å². The number of hydrogen-bond acceptors (Lipinski definition) is 3. The van der Waals surface area contributed by atoms with Gasteiger partial charge in [0.05, 0.1) is 0 Å². The molecule has 1 unspecified atom stereocenters. The van der Waals surface area contributed by atoms with Gasteiger partial charge in [0.2, 0.25) is 0 Å². The van der Waals surface area contributed by atoms with Crippen molar-refractivity contribution in [2.45, 2.75) is 25.4 Å². The van der Waals surface area contributed by atoms with E-state index < -0.39 is 12.8 Å². The second-order valence-electron chi connectivity index (χ2n) is 4.36. The molecule has 1 aliphatic rings. The lowest BCUT2D eigenvalue weighted by Gasteiger charge is -2.29. The molecule has 0 aliphatic carbocycles. The molecule has 0 spiro atoms. The predicted molar refractivity (Wildman–Crippen MR) is 56.7 cm³/mol. The molecule has 0 saturated carbocycles. The van der Waals surface area contributed by atoms with Crippen LogP contribution in [-0.2, 0) is 9.53 Å². The van der Waals surface area contributed by atoms with E-state index in [2.05, 4.69) is 9.64 Å². The van der Waals surface area contributed by atoms with Crippen molar-refractivity contribution < 1.29 is 22.7 Å². The molecular formula is C11H18F3NO2. The molecule has 0 N–H and O–H groups in total. The summed E-state index contributed by atoms with van der Waals surface area (Å²) in [6.07, 6.45) is -0.806. The number of carbonyl (C=O) groups is 1. The molecule has 0 amide bonds. The second-order valence-corrected chi connectivity index (χ2v) is 4.36. The topological polar surface area (TPSA) is 29.5 Å². The zero-order valence-corrected chi connectivity index (χ0v) is 9.71. The van der Waals surface area contributed by atoms with Gasteiger partial charge in [-0.25, -0.2) is 0 Å². The van der Waals surface area contributed by atoms with Crippen molar-refractivity contribution in [2.24, 2.45) is 5.92 Å². The third-order valence-electron chi connectivity index (χ3n) is 2.76. The van der Waals surface area contributed by atoms with Gasteiger partial charge >= 0.3 is 6.18 Å². The molecule has 1 atom stereocenters. The Morgan fingerprint density at radius 3 is 2.82 bits per heavy atom. The lowest BCUT2D eigenvalue weighted by Crippen LogP contribution is -2.37. The number of aldehydes is 1. The van der Waals surface area contributed by atoms with Crippen LogP contribution in [0.4, 0.5) is 13.2 Å². The maximum absolute atomic E-state index is 11.8. The normalized spacial score (nSPS) is 22.6. The highest BCUT2D eigenvalue weighted by atomic mass is 19.4. The van der Waals surface area contributed by atoms with Crippen LogP contribution < -0.4 is 0 Å². The quantitative estimate of drug-likeness (QED) is 0.534. The van der Waals surface area contributed by atoms with Gasteiger partial charge in [-0.05, 0) is 25.8 Å². The van der Waals surface area contributed by atoms with Gasteiger partial charge in [-0.15, -0.1) is 0 Å². The Labute approximate surface area is 98.9 Å². The van der Waals surface area contributed by atoms with Gasteiger partial charge in [0.15, 0.2) is 0 Å². The van der Waals surface area contributed by atoms with E-state index in [4.69, 9.17) is 0 Å². The number of alkyl halides is 3. The average molecular weight is 253 g/mol. The monoisotopic (exact) mass is 253 g/mol. The molecule has 1 heterocycles. The second kappa shape index (κ2) is 6.96. The van der Waals surface area contributed by atoms with Crippen LogP contribution in [-0.4, -0.2) is 50.2 Å². The number of rotatable bonds is 6. The SMILES string of the molecule is O=CC1CCCN(CCCOCC(F)(F)F)C1. The lowest BCUT2D eigenvalue weighted by atomic mass is 10.00. The van der Waals surface area contributed by atoms with Gasteiger partial charge in [0.1, 0.15) is 12.9 Å². The van der Waals surface area contributed by atoms with E-state index in [0.29, 0.717) is 13.0 Å². The van der Waals surface area contributed by atoms with Gasteiger partial charge in [-0.3, -0.25) is 0 Å². The molecule has 100 valence electrons. The van der Waals surface area contributed by atoms with Crippen molar-refractivity contribution in [1.29, 1.82) is 0 Å². The van der Waals surface area contributed by atoms with Gasteiger partial charge in [-0.1, -0.05) is 0 Å². The summed E-state index contributed by atoms with van der Waals surface area (Å²) in [5.74, 6) is 0.0832. The summed E-state index contributed by atoms with van der Waals surface area (Å²) in [6.45, 7) is 1.28. The fraction of sp³-hybridized carbons (Fsp3) is 0.909. The summed E-state index contributed by atoms with van der Waals surface area (Å²) in [5, 5.41) is 0. The summed E-state index contributed by atoms with van der Waals surface area (Å²) in [4.78, 5) is 12.7. The minimum absolute atomic E-state index is 0.0832. The van der Waals surface area contributed by atoms with Crippen LogP contribution in [0.1, 0.15) is 19.3 Å². The minimum atomic E-state index is -4.24. The summed E-state index contributed by atoms with van der Waals surface area (Å²) in [6, 6.07) is 0. The van der Waals surface area contributed by atoms with Gasteiger partial charge in [0.25, 0.3) is 0 Å². The third kappa shape index (κ3) is 6.63. The molecule has 17 heavy (non-hydrogen) atoms. The van der Waals surface area contributed by atoms with Gasteiger partial charge < -0.3 is 14.4 Å². The van der Waals surface area contributed by atoms with Crippen molar-refractivity contribution in [2.75, 3.05) is 32.8 Å². The Morgan fingerprint density at radius 2 is 2.18 bits per heavy atom. The first-order valence-electron chi connectivity index (χ1n) is 5.83. The Bertz CT molecular complexity index is 233. The number of piperidine rings is 1. The molecule has 0 aromatic heterocycles. The van der Waals surface area contributed by atoms with Gasteiger partial charge in [0, 0.05) is 25.6 Å². The maximum atomic E-state index is 11.8. The number of hydrogen-bond donors (Lipinski definition) is 0. The summed E-state index contributed by atoms with van der Waals surface area (Å²) in [5.41, 5.74) is 0. The molecular weight excluding hydrogens is 235 g/mol. The maximum Gasteiger partial charge on any atom is 0.411 e. The minimum Gasteiger partial charge on any atom is -0.372 e. The first-order valence-corrected chi connectivity index (χ1v) is 5.83. The molecule has 1 aliphatic heterocycles. The first kappa shape index (κ1) is 14.4. The fourth-order valence-electron chi connectivity index (χ4n) is 1.98. The van der Waals surface area contributed by atoms with E-state index in [0.717, 1.165) is 32.2 Å². The van der Waals surface area contributed by atoms with E-state index in [9.17, 15) is 18.0 Å². The summed E-state index contributed by atoms with van der Waals surface area (Å²) < 4.78 is 39.8. The van der Waals surface area contributed by atoms with Crippen LogP contribution in [0.3, 0.4) is 0 Å². The van der Waals surface area contributed by atoms with E-state index in [1.54, 1.807) is 0 Å². The zero-order chi connectivity index (χ0) is 12.7. The number of ether oxygens (including phenoxy) is 1. The Hall–Kier alpha value is -0.620. The number of likely N-dealkylation sites (tertiary alicyclic amines) is 1. The predicted octanol–water partition coefficient (Wildman–Crippen LogP) is 1.87. The number of carbonyl (C=O) groups excluding carboxylic acids is 1. The highest BCUT2D eigenvalue weighted by Gasteiger charge is 2.27. The molecule has 0 bridgehead atoms. The third-order valence-corrected chi connectivity index (χ3v) is 2.76. The standard InChI is InChI=1S/C11H18F3NO2/c12-11(13,14)9-17-6-2-5-15-4-1-3-10(7-15)8-16/h8,10H,1-7,9H2. The molecule has 0 aromatic carbocycles. The Morgan fingerprint density at radius 1 is 1.41 bits per heavy atom. The van der Waals surface area contributed by atoms with Crippen LogP contribution in [0.5, 0.6) is 0 Å². The average Bonchev–Trinajstić information content (AvgIpc) is 2.27. The van der Waals surface area contributed by atoms with Crippen LogP contribution in [0, 0.1) is 5.92 Å². The highest BCUT2D eigenvalue weighted by molar-refractivity contribution is 5.53. The van der Waals surface area contributed by atoms with E-state index >= 15 is 0 Å². The molecule has 0 radical (unpaired) electrons. The molecule has 0 aromatic rings. The molecule has 3 nitrogen and oxygen atoms in total. The largest absolute Gasteiger partial charge is 0.411 e. The Kier molecular flexibility index (Phi) is 5.91. The molecule has 1 saturated heterocycles. The smallest absolute Gasteiger partial charge is 0.372 e. The van der Waals surface area contributed by atoms with Crippen molar-refractivity contribution in [1.82, 2.24) is 4.90 Å². The molecule has 1 fully saturated rings. The van der Waals surface area contributed by atoms with Crippen LogP contribution in [0.2, 0.25) is 0 Å². The van der Waals surface area contributed by atoms with Crippen molar-refractivity contribution >= 4 is 6.29 Å². The first-order chi connectivity index (χ1) is 8.01. The Balaban J connectivity index is 2.04. The van der Waals surface area contributed by atoms with Crippen LogP contribution in [0.15, 0.2) is 0 Å². The number of nitrogens with zero attached hydrogens (tertiary/aromatic N) is 1. The van der Waals surface area contributed by atoms with Crippen LogP contribution in [0.25, 0.3) is 0 Å². The zero-order valence-electron chi connectivity index (χ0n) is 9.71. The fourth-order valence-corrected chi connectivity index (χ4v) is 1.98. The summed E-state index contributed by atoms with van der Waals surface area (Å²) in [7, 11) is 0. The molecule has 6 heteroatoms. The van der Waals surface area contributed by atoms with Crippen molar-refractivity contribution in [3.8, 4) is 0 Å². The van der Waals surface area contributed by atoms with E-state index in [-0.39, 0.29) is 12.5 Å². The highest BCUT2D eigenvalue weighted by Crippen LogP contribution is 2.16. The van der Waals surface area contributed by atoms with Crippen molar-refractivity contribution in [3.63, 3.8) is 0 Å². The van der Waals surface area contributed by atoms with Gasteiger partial charge in [-0.2, -0.15) is 13.2 Å². The number of halogens is 3. The summed E-state index contributed by atoms with van der Waals surface area (Å²) >= 11 is 0. The lowest BCUT2D eigenvalue weighted by molar-refractivity contribution is -0.174. The van der Waals surface area contributed by atoms with Crippen LogP contribution >= 0.6 is 0 Å². The molecule has 1 rings (SSSR count). The van der Waals surface area contributed by atoms with E-state index in [1.807, 2.05) is 0 Å². The van der Waals surface area contributed by atoms with E-state index in [1.165, 1.54) is 0 Å².